The van der Waals surface area contributed by atoms with E-state index in [1.54, 1.807) is 49.8 Å². The standard InChI is InChI=1S/C21H15B.C4H10.3C2H6/c1-4-13-10-15-6-2-8-17-12-18-9-3-7-16-11-14(5-1)19(13)22(20(15)17)21(16)18;1-4(2)3;3*1-2/h1-9H,10-12H2;4H,1-3H3;3*1-2H3. The lowest BCUT2D eigenvalue weighted by Gasteiger charge is -2.39. The largest absolute Gasteiger partial charge is 0.243 e. The topological polar surface area (TPSA) is 0 Å². The molecule has 0 amide bonds. The molecule has 0 unspecified atom stereocenters. The van der Waals surface area contributed by atoms with E-state index in [-0.39, 0.29) is 0 Å². The second-order valence-electron chi connectivity index (χ2n) is 8.67. The van der Waals surface area contributed by atoms with Crippen LogP contribution in [0.2, 0.25) is 0 Å². The molecule has 0 atom stereocenters. The van der Waals surface area contributed by atoms with Crippen LogP contribution < -0.4 is 16.4 Å². The van der Waals surface area contributed by atoms with E-state index in [0.717, 1.165) is 25.2 Å². The predicted octanol–water partition coefficient (Wildman–Crippen LogP) is 6.66. The zero-order valence-corrected chi connectivity index (χ0v) is 22.0. The van der Waals surface area contributed by atoms with Crippen LogP contribution in [0.3, 0.4) is 0 Å². The van der Waals surface area contributed by atoms with Gasteiger partial charge in [-0.2, -0.15) is 0 Å². The first-order valence-corrected chi connectivity index (χ1v) is 13.0. The van der Waals surface area contributed by atoms with Crippen LogP contribution in [-0.4, -0.2) is 6.71 Å². The molecule has 0 aliphatic carbocycles. The minimum Gasteiger partial charge on any atom is -0.0683 e. The lowest BCUT2D eigenvalue weighted by atomic mass is 9.28. The fourth-order valence-electron chi connectivity index (χ4n) is 5.08. The Morgan fingerprint density at radius 3 is 0.844 bits per heavy atom. The van der Waals surface area contributed by atoms with E-state index in [2.05, 4.69) is 75.4 Å². The molecule has 32 heavy (non-hydrogen) atoms. The Hall–Kier alpha value is -2.28. The van der Waals surface area contributed by atoms with Crippen molar-refractivity contribution in [2.75, 3.05) is 0 Å². The van der Waals surface area contributed by atoms with E-state index in [1.165, 1.54) is 0 Å². The van der Waals surface area contributed by atoms with Gasteiger partial charge in [-0.15, -0.1) is 0 Å². The van der Waals surface area contributed by atoms with Crippen molar-refractivity contribution in [2.45, 2.75) is 81.6 Å². The first kappa shape index (κ1) is 26.0. The van der Waals surface area contributed by atoms with E-state index >= 15 is 0 Å². The zero-order valence-electron chi connectivity index (χ0n) is 22.0. The van der Waals surface area contributed by atoms with Gasteiger partial charge in [0.25, 0.3) is 0 Å². The van der Waals surface area contributed by atoms with Gasteiger partial charge < -0.3 is 0 Å². The number of hydrogen-bond donors (Lipinski definition) is 0. The maximum Gasteiger partial charge on any atom is 0.243 e. The lowest BCUT2D eigenvalue weighted by molar-refractivity contribution is 0.737. The van der Waals surface area contributed by atoms with Crippen LogP contribution >= 0.6 is 0 Å². The molecule has 0 N–H and O–H groups in total. The molecule has 6 rings (SSSR count). The minimum atomic E-state index is 0.500. The van der Waals surface area contributed by atoms with Crippen LogP contribution in [0.25, 0.3) is 0 Å². The van der Waals surface area contributed by atoms with Crippen molar-refractivity contribution in [2.24, 2.45) is 5.92 Å². The monoisotopic (exact) mass is 426 g/mol. The van der Waals surface area contributed by atoms with Crippen molar-refractivity contribution < 1.29 is 0 Å². The summed E-state index contributed by atoms with van der Waals surface area (Å²) in [5.74, 6) is 0.833. The van der Waals surface area contributed by atoms with Crippen molar-refractivity contribution in [1.82, 2.24) is 0 Å². The van der Waals surface area contributed by atoms with E-state index in [1.807, 2.05) is 41.5 Å². The molecule has 0 bridgehead atoms. The molecule has 3 aliphatic heterocycles. The highest BCUT2D eigenvalue weighted by molar-refractivity contribution is 6.98. The Labute approximate surface area is 198 Å². The van der Waals surface area contributed by atoms with Crippen molar-refractivity contribution in [3.8, 4) is 0 Å². The van der Waals surface area contributed by atoms with Gasteiger partial charge in [0.1, 0.15) is 0 Å². The maximum atomic E-state index is 2.34. The molecule has 170 valence electrons. The minimum absolute atomic E-state index is 0.500. The van der Waals surface area contributed by atoms with Crippen molar-refractivity contribution in [3.63, 3.8) is 0 Å². The Morgan fingerprint density at radius 1 is 0.469 bits per heavy atom. The highest BCUT2D eigenvalue weighted by Gasteiger charge is 2.41. The summed E-state index contributed by atoms with van der Waals surface area (Å²) in [6, 6.07) is 20.8. The van der Waals surface area contributed by atoms with Crippen molar-refractivity contribution in [1.29, 1.82) is 0 Å². The molecule has 1 heteroatoms. The van der Waals surface area contributed by atoms with Gasteiger partial charge in [-0.05, 0) is 58.6 Å². The normalized spacial score (nSPS) is 12.4. The SMILES string of the molecule is CC.CC.CC.CC(C)C.c1cc2c3c(c1)Cc1cccc4c1B3c1c(cccc1C4)C2. The summed E-state index contributed by atoms with van der Waals surface area (Å²) in [4.78, 5) is 0. The summed E-state index contributed by atoms with van der Waals surface area (Å²) < 4.78 is 0. The summed E-state index contributed by atoms with van der Waals surface area (Å²) in [6.45, 7) is 19.0. The van der Waals surface area contributed by atoms with Gasteiger partial charge in [0, 0.05) is 0 Å². The Kier molecular flexibility index (Phi) is 9.82. The summed E-state index contributed by atoms with van der Waals surface area (Å²) in [5.41, 5.74) is 14.2. The summed E-state index contributed by atoms with van der Waals surface area (Å²) in [6.07, 6.45) is 3.33. The average molecular weight is 426 g/mol. The zero-order chi connectivity index (χ0) is 23.8. The van der Waals surface area contributed by atoms with Crippen LogP contribution in [0.1, 0.15) is 95.7 Å². The lowest BCUT2D eigenvalue weighted by Crippen LogP contribution is -2.64. The third-order valence-electron chi connectivity index (χ3n) is 5.87. The van der Waals surface area contributed by atoms with E-state index in [0.29, 0.717) is 6.71 Å². The van der Waals surface area contributed by atoms with Crippen LogP contribution in [0.4, 0.5) is 0 Å². The average Bonchev–Trinajstić information content (AvgIpc) is 2.83. The highest BCUT2D eigenvalue weighted by Crippen LogP contribution is 2.27. The van der Waals surface area contributed by atoms with E-state index < -0.39 is 0 Å². The van der Waals surface area contributed by atoms with Crippen molar-refractivity contribution in [3.05, 3.63) is 88.0 Å². The van der Waals surface area contributed by atoms with Gasteiger partial charge >= 0.3 is 0 Å². The van der Waals surface area contributed by atoms with Crippen LogP contribution in [-0.2, 0) is 19.3 Å². The quantitative estimate of drug-likeness (QED) is 0.238. The molecular weight excluding hydrogens is 383 g/mol. The van der Waals surface area contributed by atoms with Crippen LogP contribution in [0, 0.1) is 5.92 Å². The molecule has 3 aliphatic rings. The molecular formula is C31H43B. The van der Waals surface area contributed by atoms with Gasteiger partial charge in [0.15, 0.2) is 0 Å². The Bertz CT molecular complexity index is 822. The first-order valence-electron chi connectivity index (χ1n) is 13.0. The second-order valence-corrected chi connectivity index (χ2v) is 8.67. The molecule has 0 nitrogen and oxygen atoms in total. The van der Waals surface area contributed by atoms with Crippen LogP contribution in [0.15, 0.2) is 54.6 Å². The van der Waals surface area contributed by atoms with Crippen LogP contribution in [0.5, 0.6) is 0 Å². The third-order valence-corrected chi connectivity index (χ3v) is 5.87. The summed E-state index contributed by atoms with van der Waals surface area (Å²) >= 11 is 0. The van der Waals surface area contributed by atoms with E-state index in [9.17, 15) is 0 Å². The van der Waals surface area contributed by atoms with Crippen molar-refractivity contribution >= 4 is 23.1 Å². The molecule has 0 saturated heterocycles. The van der Waals surface area contributed by atoms with Gasteiger partial charge in [-0.1, -0.05) is 133 Å². The number of rotatable bonds is 0. The second kappa shape index (κ2) is 12.1. The molecule has 3 heterocycles. The number of benzene rings is 3. The summed E-state index contributed by atoms with van der Waals surface area (Å²) in [5, 5.41) is 0. The summed E-state index contributed by atoms with van der Waals surface area (Å²) in [7, 11) is 0. The van der Waals surface area contributed by atoms with Gasteiger partial charge in [-0.3, -0.25) is 0 Å². The molecule has 3 aromatic rings. The van der Waals surface area contributed by atoms with Gasteiger partial charge in [0.2, 0.25) is 6.71 Å². The Morgan fingerprint density at radius 2 is 0.656 bits per heavy atom. The highest BCUT2D eigenvalue weighted by atomic mass is 14.3. The predicted molar refractivity (Wildman–Crippen MR) is 147 cm³/mol. The fourth-order valence-corrected chi connectivity index (χ4v) is 5.08. The smallest absolute Gasteiger partial charge is 0.0683 e. The van der Waals surface area contributed by atoms with E-state index in [4.69, 9.17) is 0 Å². The fraction of sp³-hybridized carbons (Fsp3) is 0.419. The molecule has 0 saturated carbocycles. The molecule has 0 spiro atoms. The van der Waals surface area contributed by atoms with Gasteiger partial charge in [0.05, 0.1) is 0 Å². The third kappa shape index (κ3) is 4.88. The molecule has 0 radical (unpaired) electrons. The Balaban J connectivity index is 0.000000320. The first-order chi connectivity index (χ1) is 15.6. The molecule has 0 aromatic heterocycles. The maximum absolute atomic E-state index is 2.34. The number of hydrogen-bond acceptors (Lipinski definition) is 0. The van der Waals surface area contributed by atoms with Gasteiger partial charge in [-0.25, -0.2) is 0 Å². The molecule has 0 fully saturated rings. The molecule has 3 aromatic carbocycles.